The summed E-state index contributed by atoms with van der Waals surface area (Å²) < 4.78 is 4.81. The van der Waals surface area contributed by atoms with Crippen molar-refractivity contribution in [1.82, 2.24) is 24.1 Å². The van der Waals surface area contributed by atoms with Crippen molar-refractivity contribution in [2.45, 2.75) is 12.8 Å². The Morgan fingerprint density at radius 3 is 0.888 bits per heavy atom. The van der Waals surface area contributed by atoms with Crippen LogP contribution in [0.15, 0.2) is 358 Å². The average Bonchev–Trinajstić information content (AvgIpc) is 1.60. The van der Waals surface area contributed by atoms with Gasteiger partial charge in [-0.05, 0) is 169 Å². The highest BCUT2D eigenvalue weighted by Crippen LogP contribution is 2.40. The molecule has 0 N–H and O–H groups in total. The maximum Gasteiger partial charge on any atom is 0.164 e. The zero-order valence-electron chi connectivity index (χ0n) is 53.7. The lowest BCUT2D eigenvalue weighted by atomic mass is 9.93. The summed E-state index contributed by atoms with van der Waals surface area (Å²) in [5.41, 5.74) is 28.6. The second kappa shape index (κ2) is 24.8. The number of allylic oxidation sites excluding steroid dienone is 4. The minimum Gasteiger partial charge on any atom is -0.310 e. The van der Waals surface area contributed by atoms with Crippen molar-refractivity contribution < 1.29 is 0 Å². The minimum absolute atomic E-state index is 0.603. The molecule has 98 heavy (non-hydrogen) atoms. The Hall–Kier alpha value is -12.8. The molecule has 0 saturated carbocycles. The Morgan fingerprint density at radius 2 is 0.490 bits per heavy atom. The summed E-state index contributed by atoms with van der Waals surface area (Å²) in [6, 6.07) is 125. The second-order valence-electron chi connectivity index (χ2n) is 25.4. The molecule has 5 nitrogen and oxygen atoms in total. The van der Waals surface area contributed by atoms with Crippen molar-refractivity contribution >= 4 is 54.9 Å². The van der Waals surface area contributed by atoms with E-state index in [1.807, 2.05) is 0 Å². The minimum atomic E-state index is 0.603. The number of aromatic nitrogens is 5. The standard InChI is InChI=1S/C93H63N5/c1-2-18-62(19-3-1)71-20-12-24-75(56-71)76-25-13-21-72(57-76)65-42-40-63(41-43-65)64-44-50-68(51-45-64)91-94-92(69-52-46-66(47-53-69)73-22-14-26-77(58-73)79-28-16-30-81(60-79)97-87-36-8-4-32-83(87)84-33-5-9-37-88(84)97)96-93(95-91)70-54-48-67(49-55-70)74-23-15-27-78(59-74)80-29-17-31-82(61-80)98-89-38-10-6-34-85(89)86-35-7-11-39-90(86)98/h1-16,18-28,30-61H,17,29H2. The van der Waals surface area contributed by atoms with Gasteiger partial charge in [0.2, 0.25) is 0 Å². The molecule has 1 aliphatic rings. The molecule has 0 unspecified atom stereocenters. The molecule has 3 aromatic heterocycles. The van der Waals surface area contributed by atoms with Gasteiger partial charge in [0.15, 0.2) is 17.5 Å². The van der Waals surface area contributed by atoms with Gasteiger partial charge < -0.3 is 9.13 Å². The molecule has 460 valence electrons. The van der Waals surface area contributed by atoms with E-state index in [9.17, 15) is 0 Å². The summed E-state index contributed by atoms with van der Waals surface area (Å²) >= 11 is 0. The van der Waals surface area contributed by atoms with E-state index in [0.717, 1.165) is 85.3 Å². The molecule has 0 aliphatic heterocycles. The Labute approximate surface area is 569 Å². The van der Waals surface area contributed by atoms with Gasteiger partial charge in [-0.15, -0.1) is 0 Å². The van der Waals surface area contributed by atoms with Crippen LogP contribution < -0.4 is 0 Å². The summed E-state index contributed by atoms with van der Waals surface area (Å²) in [4.78, 5) is 15.8. The molecule has 0 bridgehead atoms. The highest BCUT2D eigenvalue weighted by Gasteiger charge is 2.19. The number of para-hydroxylation sites is 4. The fourth-order valence-electron chi connectivity index (χ4n) is 14.5. The van der Waals surface area contributed by atoms with Gasteiger partial charge in [0.25, 0.3) is 0 Å². The zero-order chi connectivity index (χ0) is 64.9. The molecular weight excluding hydrogens is 1190 g/mol. The normalized spacial score (nSPS) is 12.3. The van der Waals surface area contributed by atoms with E-state index < -0.39 is 0 Å². The third-order valence-corrected chi connectivity index (χ3v) is 19.5. The monoisotopic (exact) mass is 1250 g/mol. The van der Waals surface area contributed by atoms with E-state index >= 15 is 0 Å². The lowest BCUT2D eigenvalue weighted by Gasteiger charge is -2.18. The van der Waals surface area contributed by atoms with Gasteiger partial charge in [0.1, 0.15) is 0 Å². The number of rotatable bonds is 13. The Balaban J connectivity index is 0.648. The Kier molecular flexibility index (Phi) is 14.6. The van der Waals surface area contributed by atoms with E-state index in [1.54, 1.807) is 0 Å². The van der Waals surface area contributed by atoms with Crippen LogP contribution in [0.3, 0.4) is 0 Å². The molecule has 0 amide bonds. The number of nitrogens with zero attached hydrogens (tertiary/aromatic N) is 5. The Morgan fingerprint density at radius 1 is 0.214 bits per heavy atom. The fraction of sp³-hybridized carbons (Fsp3) is 0.0215. The van der Waals surface area contributed by atoms with Crippen molar-refractivity contribution in [3.05, 3.63) is 363 Å². The quantitative estimate of drug-likeness (QED) is 0.116. The van der Waals surface area contributed by atoms with E-state index in [2.05, 4.69) is 367 Å². The predicted molar refractivity (Wildman–Crippen MR) is 409 cm³/mol. The van der Waals surface area contributed by atoms with E-state index in [1.165, 1.54) is 88.3 Å². The van der Waals surface area contributed by atoms with Crippen molar-refractivity contribution in [3.63, 3.8) is 0 Å². The smallest absolute Gasteiger partial charge is 0.164 e. The van der Waals surface area contributed by atoms with Crippen LogP contribution in [0.1, 0.15) is 18.4 Å². The Bertz CT molecular complexity index is 5840. The number of hydrogen-bond donors (Lipinski definition) is 0. The summed E-state index contributed by atoms with van der Waals surface area (Å²) in [6.07, 6.45) is 6.72. The van der Waals surface area contributed by atoms with Gasteiger partial charge in [-0.3, -0.25) is 0 Å². The van der Waals surface area contributed by atoms with E-state index in [4.69, 9.17) is 15.0 Å². The molecule has 18 rings (SSSR count). The first-order valence-corrected chi connectivity index (χ1v) is 33.7. The molecule has 0 radical (unpaired) electrons. The van der Waals surface area contributed by atoms with Gasteiger partial charge >= 0.3 is 0 Å². The lowest BCUT2D eigenvalue weighted by Crippen LogP contribution is -2.00. The fourth-order valence-corrected chi connectivity index (χ4v) is 14.5. The first-order chi connectivity index (χ1) is 48.5. The van der Waals surface area contributed by atoms with Crippen molar-refractivity contribution in [2.75, 3.05) is 0 Å². The molecule has 3 heterocycles. The van der Waals surface area contributed by atoms with Crippen LogP contribution in [0.4, 0.5) is 0 Å². The van der Waals surface area contributed by atoms with Gasteiger partial charge in [0, 0.05) is 49.6 Å². The van der Waals surface area contributed by atoms with Crippen molar-refractivity contribution in [1.29, 1.82) is 0 Å². The van der Waals surface area contributed by atoms with Gasteiger partial charge in [-0.2, -0.15) is 0 Å². The third kappa shape index (κ3) is 10.9. The lowest BCUT2D eigenvalue weighted by molar-refractivity contribution is 1.04. The highest BCUT2D eigenvalue weighted by atomic mass is 15.0. The average molecular weight is 1250 g/mol. The largest absolute Gasteiger partial charge is 0.310 e. The molecule has 0 atom stereocenters. The molecule has 5 heteroatoms. The summed E-state index contributed by atoms with van der Waals surface area (Å²) in [7, 11) is 0. The van der Waals surface area contributed by atoms with Crippen LogP contribution in [0, 0.1) is 0 Å². The molecule has 0 saturated heterocycles. The van der Waals surface area contributed by atoms with Crippen LogP contribution in [0.25, 0.3) is 173 Å². The van der Waals surface area contributed by atoms with Crippen molar-refractivity contribution in [2.24, 2.45) is 0 Å². The van der Waals surface area contributed by atoms with Gasteiger partial charge in [0.05, 0.1) is 22.1 Å². The molecule has 1 aliphatic carbocycles. The van der Waals surface area contributed by atoms with Crippen LogP contribution in [-0.2, 0) is 0 Å². The number of fused-ring (bicyclic) bond motifs is 6. The first kappa shape index (κ1) is 57.8. The zero-order valence-corrected chi connectivity index (χ0v) is 53.7. The molecule has 0 spiro atoms. The molecular formula is C93H63N5. The summed E-state index contributed by atoms with van der Waals surface area (Å²) in [6.45, 7) is 0. The van der Waals surface area contributed by atoms with E-state index in [-0.39, 0.29) is 0 Å². The first-order valence-electron chi connectivity index (χ1n) is 33.7. The molecule has 0 fully saturated rings. The second-order valence-corrected chi connectivity index (χ2v) is 25.4. The van der Waals surface area contributed by atoms with Crippen molar-refractivity contribution in [3.8, 4) is 118 Å². The van der Waals surface area contributed by atoms with E-state index in [0.29, 0.717) is 17.5 Å². The topological polar surface area (TPSA) is 48.5 Å². The van der Waals surface area contributed by atoms with Crippen LogP contribution in [0.2, 0.25) is 0 Å². The number of benzene rings is 14. The SMILES string of the molecule is C1=C(c2cccc(-c3ccc(-c4nc(-c5ccc(-c6ccc(-c7cccc(-c8cccc(-c9ccccc9)c8)c7)cc6)cc5)nc(-c5ccc(-c6cccc(-c7cccc(-n8c9ccccc9c9ccccc98)c7)c6)cc5)n4)cc3)c2)CCC=C1n1c2ccccc2c2ccccc21. The summed E-state index contributed by atoms with van der Waals surface area (Å²) in [5, 5.41) is 5.05. The van der Waals surface area contributed by atoms with Gasteiger partial charge in [-0.25, -0.2) is 15.0 Å². The highest BCUT2D eigenvalue weighted by molar-refractivity contribution is 6.11. The van der Waals surface area contributed by atoms with Gasteiger partial charge in [-0.1, -0.05) is 291 Å². The number of hydrogen-bond acceptors (Lipinski definition) is 3. The maximum absolute atomic E-state index is 5.26. The maximum atomic E-state index is 5.26. The van der Waals surface area contributed by atoms with Crippen LogP contribution in [0.5, 0.6) is 0 Å². The predicted octanol–water partition coefficient (Wildman–Crippen LogP) is 24.5. The van der Waals surface area contributed by atoms with Crippen LogP contribution in [-0.4, -0.2) is 24.1 Å². The summed E-state index contributed by atoms with van der Waals surface area (Å²) in [5.74, 6) is 1.81. The van der Waals surface area contributed by atoms with Crippen LogP contribution >= 0.6 is 0 Å². The molecule has 14 aromatic carbocycles. The third-order valence-electron chi connectivity index (χ3n) is 19.5. The molecule has 17 aromatic rings.